The molecule has 18 heavy (non-hydrogen) atoms. The van der Waals surface area contributed by atoms with E-state index >= 15 is 0 Å². The van der Waals surface area contributed by atoms with E-state index < -0.39 is 0 Å². The Kier molecular flexibility index (Phi) is 3.88. The van der Waals surface area contributed by atoms with Gasteiger partial charge in [-0.05, 0) is 49.4 Å². The maximum absolute atomic E-state index is 5.95. The minimum absolute atomic E-state index is 0.723. The normalized spacial score (nSPS) is 23.8. The Bertz CT molecular complexity index is 380. The van der Waals surface area contributed by atoms with Crippen molar-refractivity contribution in [3.05, 3.63) is 34.9 Å². The van der Waals surface area contributed by atoms with Crippen LogP contribution in [-0.4, -0.2) is 30.6 Å². The molecule has 1 N–H and O–H groups in total. The second-order valence-corrected chi connectivity index (χ2v) is 6.08. The van der Waals surface area contributed by atoms with Gasteiger partial charge in [-0.15, -0.1) is 0 Å². The van der Waals surface area contributed by atoms with Crippen LogP contribution in [0.1, 0.15) is 24.8 Å². The first-order valence-electron chi connectivity index (χ1n) is 7.00. The molecule has 1 heterocycles. The van der Waals surface area contributed by atoms with Crippen LogP contribution < -0.4 is 5.32 Å². The standard InChI is InChI=1S/C15H21ClN2/c16-14-5-3-13(4-6-14)11-18(10-12-1-2-12)15-7-8-17-9-15/h3-6,12,15,17H,1-2,7-11H2. The summed E-state index contributed by atoms with van der Waals surface area (Å²) in [5.74, 6) is 0.956. The number of hydrogen-bond acceptors (Lipinski definition) is 2. The summed E-state index contributed by atoms with van der Waals surface area (Å²) in [5, 5.41) is 4.31. The molecule has 2 nitrogen and oxygen atoms in total. The fourth-order valence-corrected chi connectivity index (χ4v) is 2.88. The second kappa shape index (κ2) is 5.60. The highest BCUT2D eigenvalue weighted by atomic mass is 35.5. The number of rotatable bonds is 5. The van der Waals surface area contributed by atoms with Crippen LogP contribution in [-0.2, 0) is 6.54 Å². The zero-order valence-corrected chi connectivity index (χ0v) is 11.5. The summed E-state index contributed by atoms with van der Waals surface area (Å²) in [6.45, 7) is 4.67. The Balaban J connectivity index is 1.65. The predicted molar refractivity (Wildman–Crippen MR) is 75.9 cm³/mol. The summed E-state index contributed by atoms with van der Waals surface area (Å²) >= 11 is 5.95. The summed E-state index contributed by atoms with van der Waals surface area (Å²) in [7, 11) is 0. The van der Waals surface area contributed by atoms with Crippen molar-refractivity contribution in [2.75, 3.05) is 19.6 Å². The Morgan fingerprint density at radius 3 is 2.56 bits per heavy atom. The topological polar surface area (TPSA) is 15.3 Å². The highest BCUT2D eigenvalue weighted by Crippen LogP contribution is 2.31. The molecule has 0 aromatic heterocycles. The van der Waals surface area contributed by atoms with Gasteiger partial charge in [-0.2, -0.15) is 0 Å². The van der Waals surface area contributed by atoms with Crippen molar-refractivity contribution in [2.45, 2.75) is 31.8 Å². The van der Waals surface area contributed by atoms with Crippen molar-refractivity contribution in [3.63, 3.8) is 0 Å². The summed E-state index contributed by atoms with van der Waals surface area (Å²) in [6.07, 6.45) is 4.15. The fourth-order valence-electron chi connectivity index (χ4n) is 2.75. The van der Waals surface area contributed by atoms with Crippen LogP contribution in [0.4, 0.5) is 0 Å². The molecule has 0 amide bonds. The molecule has 0 bridgehead atoms. The van der Waals surface area contributed by atoms with Gasteiger partial charge in [0.25, 0.3) is 0 Å². The highest BCUT2D eigenvalue weighted by Gasteiger charge is 2.29. The van der Waals surface area contributed by atoms with Crippen LogP contribution in [0.2, 0.25) is 5.02 Å². The fraction of sp³-hybridized carbons (Fsp3) is 0.600. The van der Waals surface area contributed by atoms with Gasteiger partial charge in [0.2, 0.25) is 0 Å². The molecule has 2 fully saturated rings. The number of halogens is 1. The lowest BCUT2D eigenvalue weighted by Gasteiger charge is -2.28. The van der Waals surface area contributed by atoms with E-state index in [2.05, 4.69) is 22.3 Å². The van der Waals surface area contributed by atoms with Gasteiger partial charge in [-0.1, -0.05) is 23.7 Å². The van der Waals surface area contributed by atoms with Gasteiger partial charge in [0.1, 0.15) is 0 Å². The zero-order valence-electron chi connectivity index (χ0n) is 10.7. The minimum Gasteiger partial charge on any atom is -0.315 e. The molecule has 3 rings (SSSR count). The highest BCUT2D eigenvalue weighted by molar-refractivity contribution is 6.30. The average Bonchev–Trinajstić information content (AvgIpc) is 3.03. The maximum atomic E-state index is 5.95. The molecule has 1 aliphatic heterocycles. The Labute approximate surface area is 114 Å². The quantitative estimate of drug-likeness (QED) is 0.880. The van der Waals surface area contributed by atoms with Crippen LogP contribution in [0.3, 0.4) is 0 Å². The second-order valence-electron chi connectivity index (χ2n) is 5.65. The van der Waals surface area contributed by atoms with Gasteiger partial charge in [-0.3, -0.25) is 4.90 Å². The smallest absolute Gasteiger partial charge is 0.0406 e. The molecule has 3 heteroatoms. The first-order chi connectivity index (χ1) is 8.81. The van der Waals surface area contributed by atoms with Gasteiger partial charge < -0.3 is 5.32 Å². The Hall–Kier alpha value is -0.570. The molecule has 1 aliphatic carbocycles. The zero-order chi connectivity index (χ0) is 12.4. The molecule has 1 aromatic rings. The van der Waals surface area contributed by atoms with Crippen LogP contribution in [0.5, 0.6) is 0 Å². The largest absolute Gasteiger partial charge is 0.315 e. The third kappa shape index (κ3) is 3.25. The third-order valence-electron chi connectivity index (χ3n) is 4.04. The molecule has 2 aliphatic rings. The number of nitrogens with zero attached hydrogens (tertiary/aromatic N) is 1. The summed E-state index contributed by atoms with van der Waals surface area (Å²) < 4.78 is 0. The number of benzene rings is 1. The third-order valence-corrected chi connectivity index (χ3v) is 4.29. The Morgan fingerprint density at radius 1 is 1.17 bits per heavy atom. The van der Waals surface area contributed by atoms with Crippen LogP contribution in [0.15, 0.2) is 24.3 Å². The van der Waals surface area contributed by atoms with E-state index in [0.717, 1.165) is 30.1 Å². The van der Waals surface area contributed by atoms with Crippen molar-refractivity contribution < 1.29 is 0 Å². The Morgan fingerprint density at radius 2 is 1.94 bits per heavy atom. The molecule has 1 atom stereocenters. The summed E-state index contributed by atoms with van der Waals surface area (Å²) in [4.78, 5) is 2.67. The summed E-state index contributed by atoms with van der Waals surface area (Å²) in [5.41, 5.74) is 1.38. The monoisotopic (exact) mass is 264 g/mol. The number of hydrogen-bond donors (Lipinski definition) is 1. The van der Waals surface area contributed by atoms with Crippen molar-refractivity contribution >= 4 is 11.6 Å². The lowest BCUT2D eigenvalue weighted by molar-refractivity contribution is 0.190. The predicted octanol–water partition coefficient (Wildman–Crippen LogP) is 2.91. The van der Waals surface area contributed by atoms with E-state index in [-0.39, 0.29) is 0 Å². The van der Waals surface area contributed by atoms with Crippen LogP contribution in [0.25, 0.3) is 0 Å². The van der Waals surface area contributed by atoms with E-state index in [1.54, 1.807) is 0 Å². The maximum Gasteiger partial charge on any atom is 0.0406 e. The molecular weight excluding hydrogens is 244 g/mol. The van der Waals surface area contributed by atoms with Gasteiger partial charge >= 0.3 is 0 Å². The van der Waals surface area contributed by atoms with Gasteiger partial charge in [0.15, 0.2) is 0 Å². The molecule has 1 unspecified atom stereocenters. The van der Waals surface area contributed by atoms with E-state index in [4.69, 9.17) is 11.6 Å². The van der Waals surface area contributed by atoms with Crippen molar-refractivity contribution in [2.24, 2.45) is 5.92 Å². The van der Waals surface area contributed by atoms with E-state index in [1.807, 2.05) is 12.1 Å². The van der Waals surface area contributed by atoms with Gasteiger partial charge in [-0.25, -0.2) is 0 Å². The SMILES string of the molecule is Clc1ccc(CN(CC2CC2)C2CCNC2)cc1. The van der Waals surface area contributed by atoms with Gasteiger partial charge in [0, 0.05) is 30.7 Å². The number of nitrogens with one attached hydrogen (secondary N) is 1. The molecule has 98 valence electrons. The molecule has 1 saturated carbocycles. The van der Waals surface area contributed by atoms with Crippen molar-refractivity contribution in [3.8, 4) is 0 Å². The first-order valence-corrected chi connectivity index (χ1v) is 7.38. The van der Waals surface area contributed by atoms with Crippen molar-refractivity contribution in [1.29, 1.82) is 0 Å². The minimum atomic E-state index is 0.723. The molecule has 0 spiro atoms. The first kappa shape index (κ1) is 12.5. The lowest BCUT2D eigenvalue weighted by Crippen LogP contribution is -2.37. The van der Waals surface area contributed by atoms with E-state index in [1.165, 1.54) is 37.9 Å². The molecule has 1 saturated heterocycles. The van der Waals surface area contributed by atoms with Crippen LogP contribution >= 0.6 is 11.6 Å². The summed E-state index contributed by atoms with van der Waals surface area (Å²) in [6, 6.07) is 9.04. The van der Waals surface area contributed by atoms with E-state index in [9.17, 15) is 0 Å². The molecular formula is C15H21ClN2. The van der Waals surface area contributed by atoms with Gasteiger partial charge in [0.05, 0.1) is 0 Å². The van der Waals surface area contributed by atoms with E-state index in [0.29, 0.717) is 0 Å². The molecule has 1 aromatic carbocycles. The van der Waals surface area contributed by atoms with Crippen molar-refractivity contribution in [1.82, 2.24) is 10.2 Å². The molecule has 0 radical (unpaired) electrons. The average molecular weight is 265 g/mol. The lowest BCUT2D eigenvalue weighted by atomic mass is 10.1. The van der Waals surface area contributed by atoms with Crippen LogP contribution in [0, 0.1) is 5.92 Å².